The minimum atomic E-state index is -4.75. The number of carbonyl (C=O) groups is 1. The molecule has 2 aromatic heterocycles. The third-order valence-corrected chi connectivity index (χ3v) is 4.34. The molecule has 5 nitrogen and oxygen atoms in total. The molecule has 3 aromatic rings. The van der Waals surface area contributed by atoms with E-state index >= 15 is 0 Å². The van der Waals surface area contributed by atoms with Crippen LogP contribution in [0.2, 0.25) is 5.02 Å². The Labute approximate surface area is 152 Å². The van der Waals surface area contributed by atoms with E-state index in [4.69, 9.17) is 11.6 Å². The van der Waals surface area contributed by atoms with E-state index in [0.29, 0.717) is 17.3 Å². The number of anilines is 1. The molecule has 11 heteroatoms. The van der Waals surface area contributed by atoms with E-state index < -0.39 is 24.1 Å². The number of hydrogen-bond donors (Lipinski definition) is 1. The molecule has 0 unspecified atom stereocenters. The van der Waals surface area contributed by atoms with Crippen molar-refractivity contribution < 1.29 is 26.7 Å². The van der Waals surface area contributed by atoms with Crippen LogP contribution < -0.4 is 5.32 Å². The van der Waals surface area contributed by atoms with Crippen molar-refractivity contribution in [3.05, 3.63) is 46.4 Å². The van der Waals surface area contributed by atoms with Crippen LogP contribution in [0, 0.1) is 0 Å². The van der Waals surface area contributed by atoms with Crippen LogP contribution >= 0.6 is 11.6 Å². The Morgan fingerprint density at radius 1 is 1.19 bits per heavy atom. The molecule has 0 saturated carbocycles. The molecule has 0 saturated heterocycles. The van der Waals surface area contributed by atoms with Crippen LogP contribution in [0.25, 0.3) is 16.9 Å². The average Bonchev–Trinajstić information content (AvgIpc) is 3.13. The largest absolute Gasteiger partial charge is 0.433 e. The molecule has 1 aromatic carbocycles. The fraction of sp³-hybridized carbons (Fsp3) is 0.188. The molecule has 0 aliphatic carbocycles. The van der Waals surface area contributed by atoms with Gasteiger partial charge in [0.1, 0.15) is 11.2 Å². The first-order chi connectivity index (χ1) is 12.6. The van der Waals surface area contributed by atoms with Crippen LogP contribution in [-0.2, 0) is 17.4 Å². The SMILES string of the molecule is O=C1Cc2cc(-n3c(C(F)F)nc4ccc(C(F)(F)F)nc43)cc(Cl)c2N1. The van der Waals surface area contributed by atoms with Crippen LogP contribution in [0.4, 0.5) is 27.6 Å². The number of hydrogen-bond acceptors (Lipinski definition) is 3. The second-order valence-corrected chi connectivity index (χ2v) is 6.24. The molecule has 140 valence electrons. The minimum Gasteiger partial charge on any atom is -0.324 e. The summed E-state index contributed by atoms with van der Waals surface area (Å²) in [5.74, 6) is -1.10. The standard InChI is InChI=1S/C16H8ClF5N4O/c17-8-5-7(3-6-4-11(27)25-12(6)8)26-14-9(23-15(26)13(18)19)1-2-10(24-14)16(20,21)22/h1-3,5,13H,4H2,(H,25,27). The van der Waals surface area contributed by atoms with Gasteiger partial charge in [0.2, 0.25) is 5.91 Å². The van der Waals surface area contributed by atoms with Gasteiger partial charge in [-0.2, -0.15) is 13.2 Å². The maximum Gasteiger partial charge on any atom is 0.433 e. The molecule has 0 fully saturated rings. The summed E-state index contributed by atoms with van der Waals surface area (Å²) < 4.78 is 66.8. The molecule has 27 heavy (non-hydrogen) atoms. The molecule has 0 spiro atoms. The van der Waals surface area contributed by atoms with Crippen molar-refractivity contribution in [2.45, 2.75) is 19.0 Å². The number of halogens is 6. The molecule has 1 N–H and O–H groups in total. The number of pyridine rings is 1. The molecular weight excluding hydrogens is 395 g/mol. The van der Waals surface area contributed by atoms with Crippen molar-refractivity contribution in [3.63, 3.8) is 0 Å². The summed E-state index contributed by atoms with van der Waals surface area (Å²) in [5.41, 5.74) is -0.910. The van der Waals surface area contributed by atoms with Crippen LogP contribution in [0.3, 0.4) is 0 Å². The van der Waals surface area contributed by atoms with Crippen LogP contribution in [0.1, 0.15) is 23.5 Å². The second-order valence-electron chi connectivity index (χ2n) is 5.83. The second kappa shape index (κ2) is 5.88. The molecule has 0 atom stereocenters. The van der Waals surface area contributed by atoms with Crippen molar-refractivity contribution in [2.75, 3.05) is 5.32 Å². The van der Waals surface area contributed by atoms with Crippen LogP contribution in [0.5, 0.6) is 0 Å². The smallest absolute Gasteiger partial charge is 0.324 e. The molecule has 3 heterocycles. The monoisotopic (exact) mass is 402 g/mol. The van der Waals surface area contributed by atoms with Crippen molar-refractivity contribution >= 4 is 34.4 Å². The van der Waals surface area contributed by atoms with E-state index in [9.17, 15) is 26.7 Å². The first-order valence-electron chi connectivity index (χ1n) is 7.52. The first-order valence-corrected chi connectivity index (χ1v) is 7.90. The number of rotatable bonds is 2. The van der Waals surface area contributed by atoms with Crippen molar-refractivity contribution in [3.8, 4) is 5.69 Å². The van der Waals surface area contributed by atoms with E-state index in [1.165, 1.54) is 12.1 Å². The number of fused-ring (bicyclic) bond motifs is 2. The van der Waals surface area contributed by atoms with Gasteiger partial charge in [-0.25, -0.2) is 18.7 Å². The zero-order valence-corrected chi connectivity index (χ0v) is 13.9. The minimum absolute atomic E-state index is 0.0270. The van der Waals surface area contributed by atoms with Gasteiger partial charge in [-0.15, -0.1) is 0 Å². The van der Waals surface area contributed by atoms with Gasteiger partial charge in [0.15, 0.2) is 11.5 Å². The summed E-state index contributed by atoms with van der Waals surface area (Å²) in [6.07, 6.45) is -7.85. The number of carbonyl (C=O) groups excluding carboxylic acids is 1. The van der Waals surface area contributed by atoms with Gasteiger partial charge < -0.3 is 5.32 Å². The summed E-state index contributed by atoms with van der Waals surface area (Å²) in [7, 11) is 0. The summed E-state index contributed by atoms with van der Waals surface area (Å²) in [5, 5.41) is 2.61. The lowest BCUT2D eigenvalue weighted by molar-refractivity contribution is -0.141. The Hall–Kier alpha value is -2.75. The highest BCUT2D eigenvalue weighted by atomic mass is 35.5. The van der Waals surface area contributed by atoms with Gasteiger partial charge in [0.05, 0.1) is 22.8 Å². The molecule has 1 amide bonds. The predicted molar refractivity (Wildman–Crippen MR) is 86.2 cm³/mol. The Bertz CT molecular complexity index is 1090. The fourth-order valence-corrected chi connectivity index (χ4v) is 3.23. The van der Waals surface area contributed by atoms with Crippen molar-refractivity contribution in [1.82, 2.24) is 14.5 Å². The summed E-state index contributed by atoms with van der Waals surface area (Å²) in [4.78, 5) is 18.7. The zero-order chi connectivity index (χ0) is 19.5. The highest BCUT2D eigenvalue weighted by Crippen LogP contribution is 2.37. The van der Waals surface area contributed by atoms with Gasteiger partial charge in [-0.05, 0) is 29.8 Å². The quantitative estimate of drug-likeness (QED) is 0.641. The van der Waals surface area contributed by atoms with Crippen LogP contribution in [0.15, 0.2) is 24.3 Å². The van der Waals surface area contributed by atoms with E-state index in [1.807, 2.05) is 0 Å². The average molecular weight is 403 g/mol. The molecule has 0 radical (unpaired) electrons. The van der Waals surface area contributed by atoms with Gasteiger partial charge in [-0.1, -0.05) is 11.6 Å². The van der Waals surface area contributed by atoms with Crippen LogP contribution in [-0.4, -0.2) is 20.4 Å². The first kappa shape index (κ1) is 17.7. The number of alkyl halides is 5. The maximum atomic E-state index is 13.5. The summed E-state index contributed by atoms with van der Waals surface area (Å²) in [6, 6.07) is 4.32. The van der Waals surface area contributed by atoms with Crippen molar-refractivity contribution in [1.29, 1.82) is 0 Å². The van der Waals surface area contributed by atoms with Gasteiger partial charge in [0.25, 0.3) is 6.43 Å². The number of benzene rings is 1. The number of amides is 1. The molecule has 1 aliphatic rings. The van der Waals surface area contributed by atoms with Gasteiger partial charge in [-0.3, -0.25) is 9.36 Å². The molecule has 0 bridgehead atoms. The lowest BCUT2D eigenvalue weighted by Crippen LogP contribution is -2.09. The van der Waals surface area contributed by atoms with E-state index in [0.717, 1.165) is 10.6 Å². The van der Waals surface area contributed by atoms with Gasteiger partial charge >= 0.3 is 6.18 Å². The highest BCUT2D eigenvalue weighted by Gasteiger charge is 2.34. The molecule has 4 rings (SSSR count). The van der Waals surface area contributed by atoms with E-state index in [1.54, 1.807) is 0 Å². The fourth-order valence-electron chi connectivity index (χ4n) is 2.95. The summed E-state index contributed by atoms with van der Waals surface area (Å²) >= 11 is 6.11. The Kier molecular flexibility index (Phi) is 3.84. The predicted octanol–water partition coefficient (Wildman–Crippen LogP) is 4.52. The summed E-state index contributed by atoms with van der Waals surface area (Å²) in [6.45, 7) is 0. The molecular formula is C16H8ClF5N4O. The Balaban J connectivity index is 2.00. The Morgan fingerprint density at radius 3 is 2.59 bits per heavy atom. The lowest BCUT2D eigenvalue weighted by Gasteiger charge is -2.12. The normalized spacial score (nSPS) is 14.1. The zero-order valence-electron chi connectivity index (χ0n) is 13.1. The Morgan fingerprint density at radius 2 is 1.93 bits per heavy atom. The number of nitrogens with one attached hydrogen (secondary N) is 1. The third kappa shape index (κ3) is 2.89. The number of imidazole rings is 1. The lowest BCUT2D eigenvalue weighted by atomic mass is 10.1. The maximum absolute atomic E-state index is 13.5. The third-order valence-electron chi connectivity index (χ3n) is 4.05. The topological polar surface area (TPSA) is 59.8 Å². The number of aromatic nitrogens is 3. The van der Waals surface area contributed by atoms with E-state index in [2.05, 4.69) is 15.3 Å². The highest BCUT2D eigenvalue weighted by molar-refractivity contribution is 6.34. The van der Waals surface area contributed by atoms with Gasteiger partial charge in [0, 0.05) is 0 Å². The van der Waals surface area contributed by atoms with E-state index in [-0.39, 0.29) is 34.2 Å². The molecule has 1 aliphatic heterocycles. The van der Waals surface area contributed by atoms with Crippen molar-refractivity contribution in [2.24, 2.45) is 0 Å². The number of nitrogens with zero attached hydrogens (tertiary/aromatic N) is 3.